The van der Waals surface area contributed by atoms with Crippen LogP contribution in [0.2, 0.25) is 0 Å². The van der Waals surface area contributed by atoms with Gasteiger partial charge in [0, 0.05) is 20.5 Å². The molecular formula is C20H21F3N2O2. The molecule has 27 heavy (non-hydrogen) atoms. The van der Waals surface area contributed by atoms with Crippen LogP contribution < -0.4 is 5.32 Å². The topological polar surface area (TPSA) is 49.4 Å². The van der Waals surface area contributed by atoms with Gasteiger partial charge in [0.15, 0.2) is 0 Å². The van der Waals surface area contributed by atoms with Crippen LogP contribution >= 0.6 is 0 Å². The van der Waals surface area contributed by atoms with E-state index in [4.69, 9.17) is 0 Å². The third kappa shape index (κ3) is 6.13. The van der Waals surface area contributed by atoms with Gasteiger partial charge < -0.3 is 10.2 Å². The fourth-order valence-electron chi connectivity index (χ4n) is 2.67. The third-order valence-corrected chi connectivity index (χ3v) is 4.08. The first-order chi connectivity index (χ1) is 12.7. The normalized spacial score (nSPS) is 12.3. The largest absolute Gasteiger partial charge is 0.416 e. The molecule has 2 aromatic rings. The molecule has 0 fully saturated rings. The van der Waals surface area contributed by atoms with Crippen molar-refractivity contribution in [2.24, 2.45) is 0 Å². The summed E-state index contributed by atoms with van der Waals surface area (Å²) in [6.45, 7) is 1.56. The summed E-state index contributed by atoms with van der Waals surface area (Å²) in [5, 5.41) is 2.76. The number of alkyl halides is 3. The summed E-state index contributed by atoms with van der Waals surface area (Å²) < 4.78 is 37.9. The van der Waals surface area contributed by atoms with Crippen molar-refractivity contribution in [3.8, 4) is 0 Å². The Bertz CT molecular complexity index is 774. The van der Waals surface area contributed by atoms with E-state index in [0.717, 1.165) is 17.7 Å². The zero-order chi connectivity index (χ0) is 20.0. The Labute approximate surface area is 156 Å². The number of nitrogens with one attached hydrogen (secondary N) is 1. The maximum Gasteiger partial charge on any atom is 0.416 e. The van der Waals surface area contributed by atoms with Crippen molar-refractivity contribution in [1.82, 2.24) is 10.2 Å². The van der Waals surface area contributed by atoms with E-state index in [-0.39, 0.29) is 24.8 Å². The van der Waals surface area contributed by atoms with E-state index >= 15 is 0 Å². The molecule has 0 saturated carbocycles. The zero-order valence-electron chi connectivity index (χ0n) is 15.1. The summed E-state index contributed by atoms with van der Waals surface area (Å²) in [5.41, 5.74) is 0.675. The molecule has 1 atom stereocenters. The van der Waals surface area contributed by atoms with E-state index in [1.807, 2.05) is 30.3 Å². The third-order valence-electron chi connectivity index (χ3n) is 4.08. The number of nitrogens with zero attached hydrogens (tertiary/aromatic N) is 1. The minimum atomic E-state index is -4.39. The van der Waals surface area contributed by atoms with Crippen LogP contribution in [0.1, 0.15) is 36.1 Å². The molecule has 0 aliphatic carbocycles. The molecule has 144 valence electrons. The molecule has 0 aromatic heterocycles. The summed E-state index contributed by atoms with van der Waals surface area (Å²) in [6, 6.07) is 13.4. The van der Waals surface area contributed by atoms with Gasteiger partial charge in [-0.1, -0.05) is 42.5 Å². The molecular weight excluding hydrogens is 357 g/mol. The van der Waals surface area contributed by atoms with Crippen molar-refractivity contribution in [3.05, 3.63) is 71.3 Å². The summed E-state index contributed by atoms with van der Waals surface area (Å²) in [7, 11) is 1.58. The highest BCUT2D eigenvalue weighted by Crippen LogP contribution is 2.29. The number of benzene rings is 2. The lowest BCUT2D eigenvalue weighted by Crippen LogP contribution is -2.33. The summed E-state index contributed by atoms with van der Waals surface area (Å²) in [6.07, 6.45) is -4.33. The number of hydrogen-bond donors (Lipinski definition) is 1. The van der Waals surface area contributed by atoms with Crippen molar-refractivity contribution < 1.29 is 22.8 Å². The van der Waals surface area contributed by atoms with Gasteiger partial charge in [0.05, 0.1) is 18.0 Å². The highest BCUT2D eigenvalue weighted by molar-refractivity contribution is 5.79. The van der Waals surface area contributed by atoms with Gasteiger partial charge in [0.1, 0.15) is 0 Å². The molecule has 0 radical (unpaired) electrons. The van der Waals surface area contributed by atoms with Gasteiger partial charge in [0.25, 0.3) is 0 Å². The molecule has 0 spiro atoms. The molecule has 0 aliphatic rings. The fraction of sp³-hybridized carbons (Fsp3) is 0.300. The second-order valence-corrected chi connectivity index (χ2v) is 6.31. The molecule has 2 amide bonds. The Morgan fingerprint density at radius 3 is 2.15 bits per heavy atom. The van der Waals surface area contributed by atoms with Crippen LogP contribution in [-0.4, -0.2) is 23.8 Å². The van der Waals surface area contributed by atoms with E-state index < -0.39 is 17.8 Å². The monoisotopic (exact) mass is 378 g/mol. The molecule has 0 bridgehead atoms. The van der Waals surface area contributed by atoms with Crippen LogP contribution in [0.5, 0.6) is 0 Å². The Hall–Kier alpha value is -2.83. The molecule has 1 unspecified atom stereocenters. The Morgan fingerprint density at radius 1 is 1.04 bits per heavy atom. The predicted molar refractivity (Wildman–Crippen MR) is 95.5 cm³/mol. The first-order valence-corrected chi connectivity index (χ1v) is 8.39. The highest BCUT2D eigenvalue weighted by atomic mass is 19.4. The smallest absolute Gasteiger partial charge is 0.349 e. The molecule has 1 N–H and O–H groups in total. The standard InChI is InChI=1S/C20H21F3N2O2/c1-14(26)24-18(16-6-4-3-5-7-16)12-19(27)25(2)13-15-8-10-17(11-9-15)20(21,22)23/h3-11,18H,12-13H2,1-2H3,(H,24,26). The van der Waals surface area contributed by atoms with Crippen LogP contribution in [0.25, 0.3) is 0 Å². The van der Waals surface area contributed by atoms with Crippen LogP contribution in [-0.2, 0) is 22.3 Å². The van der Waals surface area contributed by atoms with Gasteiger partial charge in [-0.25, -0.2) is 0 Å². The SMILES string of the molecule is CC(=O)NC(CC(=O)N(C)Cc1ccc(C(F)(F)F)cc1)c1ccccc1. The van der Waals surface area contributed by atoms with Gasteiger partial charge in [0.2, 0.25) is 11.8 Å². The number of hydrogen-bond acceptors (Lipinski definition) is 2. The maximum absolute atomic E-state index is 12.6. The minimum Gasteiger partial charge on any atom is -0.349 e. The second-order valence-electron chi connectivity index (χ2n) is 6.31. The predicted octanol–water partition coefficient (Wildman–Crippen LogP) is 3.93. The Balaban J connectivity index is 2.03. The van der Waals surface area contributed by atoms with Crippen molar-refractivity contribution in [2.45, 2.75) is 32.1 Å². The number of carbonyl (C=O) groups excluding carboxylic acids is 2. The van der Waals surface area contributed by atoms with Crippen molar-refractivity contribution in [1.29, 1.82) is 0 Å². The zero-order valence-corrected chi connectivity index (χ0v) is 15.1. The Morgan fingerprint density at radius 2 is 1.63 bits per heavy atom. The van der Waals surface area contributed by atoms with Gasteiger partial charge in [-0.15, -0.1) is 0 Å². The summed E-state index contributed by atoms with van der Waals surface area (Å²) in [4.78, 5) is 25.4. The molecule has 4 nitrogen and oxygen atoms in total. The first-order valence-electron chi connectivity index (χ1n) is 8.39. The van der Waals surface area contributed by atoms with Gasteiger partial charge in [-0.2, -0.15) is 13.2 Å². The minimum absolute atomic E-state index is 0.0563. The van der Waals surface area contributed by atoms with Crippen LogP contribution in [0, 0.1) is 0 Å². The summed E-state index contributed by atoms with van der Waals surface area (Å²) in [5.74, 6) is -0.473. The number of rotatable bonds is 6. The van der Waals surface area contributed by atoms with Crippen LogP contribution in [0.3, 0.4) is 0 Å². The summed E-state index contributed by atoms with van der Waals surface area (Å²) >= 11 is 0. The number of amides is 2. The van der Waals surface area contributed by atoms with Gasteiger partial charge >= 0.3 is 6.18 Å². The van der Waals surface area contributed by atoms with Gasteiger partial charge in [-0.3, -0.25) is 9.59 Å². The van der Waals surface area contributed by atoms with Crippen LogP contribution in [0.4, 0.5) is 13.2 Å². The lowest BCUT2D eigenvalue weighted by molar-refractivity contribution is -0.137. The average Bonchev–Trinajstić information content (AvgIpc) is 2.61. The van der Waals surface area contributed by atoms with Crippen LogP contribution in [0.15, 0.2) is 54.6 Å². The lowest BCUT2D eigenvalue weighted by atomic mass is 10.0. The van der Waals surface area contributed by atoms with Crippen molar-refractivity contribution >= 4 is 11.8 Å². The van der Waals surface area contributed by atoms with E-state index in [9.17, 15) is 22.8 Å². The first kappa shape index (κ1) is 20.5. The van der Waals surface area contributed by atoms with Crippen molar-refractivity contribution in [3.63, 3.8) is 0 Å². The molecule has 0 heterocycles. The number of halogens is 3. The van der Waals surface area contributed by atoms with E-state index in [2.05, 4.69) is 5.32 Å². The van der Waals surface area contributed by atoms with E-state index in [1.165, 1.54) is 24.0 Å². The quantitative estimate of drug-likeness (QED) is 0.828. The Kier molecular flexibility index (Phi) is 6.60. The van der Waals surface area contributed by atoms with E-state index in [0.29, 0.717) is 5.56 Å². The molecule has 2 rings (SSSR count). The molecule has 7 heteroatoms. The fourth-order valence-corrected chi connectivity index (χ4v) is 2.67. The van der Waals surface area contributed by atoms with Gasteiger partial charge in [-0.05, 0) is 23.3 Å². The van der Waals surface area contributed by atoms with Crippen molar-refractivity contribution in [2.75, 3.05) is 7.05 Å². The molecule has 0 saturated heterocycles. The molecule has 2 aromatic carbocycles. The number of carbonyl (C=O) groups is 2. The average molecular weight is 378 g/mol. The maximum atomic E-state index is 12.6. The second kappa shape index (κ2) is 8.70. The van der Waals surface area contributed by atoms with E-state index in [1.54, 1.807) is 7.05 Å². The lowest BCUT2D eigenvalue weighted by Gasteiger charge is -2.23. The highest BCUT2D eigenvalue weighted by Gasteiger charge is 2.30. The molecule has 0 aliphatic heterocycles.